The second kappa shape index (κ2) is 10.4. The Balaban J connectivity index is 0.00000272. The molecule has 0 radical (unpaired) electrons. The fourth-order valence-electron chi connectivity index (χ4n) is 3.56. The van der Waals surface area contributed by atoms with Crippen LogP contribution in [0.1, 0.15) is 22.3 Å². The first kappa shape index (κ1) is 22.7. The fourth-order valence-corrected chi connectivity index (χ4v) is 3.56. The normalized spacial score (nSPS) is 21.2. The van der Waals surface area contributed by atoms with E-state index < -0.39 is 0 Å². The van der Waals surface area contributed by atoms with E-state index in [1.54, 1.807) is 18.2 Å². The van der Waals surface area contributed by atoms with Crippen molar-refractivity contribution in [2.75, 3.05) is 26.8 Å². The van der Waals surface area contributed by atoms with Gasteiger partial charge in [0.15, 0.2) is 18.1 Å². The highest BCUT2D eigenvalue weighted by Crippen LogP contribution is 2.28. The molecule has 166 valence electrons. The number of hydrogen-bond donors (Lipinski definition) is 3. The van der Waals surface area contributed by atoms with Crippen LogP contribution in [0.25, 0.3) is 0 Å². The van der Waals surface area contributed by atoms with Gasteiger partial charge in [-0.05, 0) is 48.9 Å². The standard InChI is InChI=1S/C22H25N3O5.ClH/c1-28-19-7-4-15-10-20(19)29-13-21(26)24-11-14-2-5-16(6-3-14)30-18-8-9-23-12-17(18)25-22(15)27;/h2-7,10,17-18,23H,8-9,11-13H2,1H3,(H,24,26)(H,25,27);1H/t17-,18+;/m0./s1. The van der Waals surface area contributed by atoms with Crippen molar-refractivity contribution in [1.82, 2.24) is 16.0 Å². The van der Waals surface area contributed by atoms with Crippen molar-refractivity contribution in [3.05, 3.63) is 53.6 Å². The van der Waals surface area contributed by atoms with Crippen LogP contribution in [0.3, 0.4) is 0 Å². The summed E-state index contributed by atoms with van der Waals surface area (Å²) >= 11 is 0. The Morgan fingerprint density at radius 3 is 2.68 bits per heavy atom. The van der Waals surface area contributed by atoms with E-state index in [9.17, 15) is 9.59 Å². The predicted molar refractivity (Wildman–Crippen MR) is 117 cm³/mol. The molecule has 0 spiro atoms. The number of hydrogen-bond acceptors (Lipinski definition) is 6. The van der Waals surface area contributed by atoms with E-state index in [4.69, 9.17) is 14.2 Å². The summed E-state index contributed by atoms with van der Waals surface area (Å²) in [6.45, 7) is 1.64. The van der Waals surface area contributed by atoms with Crippen LogP contribution >= 0.6 is 12.4 Å². The van der Waals surface area contributed by atoms with Crippen molar-refractivity contribution in [3.63, 3.8) is 0 Å². The summed E-state index contributed by atoms with van der Waals surface area (Å²) in [7, 11) is 1.51. The van der Waals surface area contributed by atoms with E-state index in [-0.39, 0.29) is 43.0 Å². The topological polar surface area (TPSA) is 97.9 Å². The largest absolute Gasteiger partial charge is 0.493 e. The minimum Gasteiger partial charge on any atom is -0.493 e. The number of fused-ring (bicyclic) bond motifs is 7. The monoisotopic (exact) mass is 447 g/mol. The molecule has 31 heavy (non-hydrogen) atoms. The van der Waals surface area contributed by atoms with E-state index in [1.807, 2.05) is 24.3 Å². The molecule has 4 bridgehead atoms. The molecule has 1 saturated heterocycles. The zero-order valence-electron chi connectivity index (χ0n) is 17.2. The molecule has 3 heterocycles. The number of methoxy groups -OCH3 is 1. The van der Waals surface area contributed by atoms with Crippen LogP contribution in [0.5, 0.6) is 17.2 Å². The molecule has 3 N–H and O–H groups in total. The highest BCUT2D eigenvalue weighted by Gasteiger charge is 2.29. The molecule has 3 aliphatic rings. The Hall–Kier alpha value is -2.97. The van der Waals surface area contributed by atoms with Gasteiger partial charge in [-0.25, -0.2) is 0 Å². The molecule has 3 aliphatic heterocycles. The van der Waals surface area contributed by atoms with Crippen LogP contribution in [0.4, 0.5) is 0 Å². The maximum Gasteiger partial charge on any atom is 0.258 e. The maximum absolute atomic E-state index is 12.9. The molecule has 2 aromatic rings. The molecule has 8 nitrogen and oxygen atoms in total. The first-order valence-electron chi connectivity index (χ1n) is 9.97. The van der Waals surface area contributed by atoms with Crippen molar-refractivity contribution < 1.29 is 23.8 Å². The third-order valence-corrected chi connectivity index (χ3v) is 5.22. The Morgan fingerprint density at radius 1 is 1.10 bits per heavy atom. The molecule has 5 rings (SSSR count). The lowest BCUT2D eigenvalue weighted by molar-refractivity contribution is -0.123. The van der Waals surface area contributed by atoms with Gasteiger partial charge in [-0.1, -0.05) is 12.1 Å². The first-order valence-corrected chi connectivity index (χ1v) is 9.97. The third kappa shape index (κ3) is 5.59. The Labute approximate surface area is 187 Å². The van der Waals surface area contributed by atoms with Gasteiger partial charge in [-0.3, -0.25) is 9.59 Å². The van der Waals surface area contributed by atoms with Crippen molar-refractivity contribution in [3.8, 4) is 17.2 Å². The average molecular weight is 448 g/mol. The number of benzene rings is 2. The molecular formula is C22H26ClN3O5. The molecule has 2 aromatic carbocycles. The van der Waals surface area contributed by atoms with E-state index >= 15 is 0 Å². The summed E-state index contributed by atoms with van der Waals surface area (Å²) in [5.41, 5.74) is 1.37. The third-order valence-electron chi connectivity index (χ3n) is 5.22. The first-order chi connectivity index (χ1) is 14.6. The molecule has 0 aromatic heterocycles. The van der Waals surface area contributed by atoms with Crippen LogP contribution in [0.2, 0.25) is 0 Å². The number of amides is 2. The van der Waals surface area contributed by atoms with Crippen LogP contribution in [-0.2, 0) is 11.3 Å². The molecule has 1 fully saturated rings. The van der Waals surface area contributed by atoms with Gasteiger partial charge in [0.25, 0.3) is 11.8 Å². The van der Waals surface area contributed by atoms with Crippen molar-refractivity contribution >= 4 is 24.2 Å². The Bertz CT molecular complexity index is 922. The minimum absolute atomic E-state index is 0. The Morgan fingerprint density at radius 2 is 1.90 bits per heavy atom. The Kier molecular flexibility index (Phi) is 7.59. The summed E-state index contributed by atoms with van der Waals surface area (Å²) in [6, 6.07) is 12.3. The van der Waals surface area contributed by atoms with Crippen molar-refractivity contribution in [2.24, 2.45) is 0 Å². The number of rotatable bonds is 1. The predicted octanol–water partition coefficient (Wildman–Crippen LogP) is 1.66. The van der Waals surface area contributed by atoms with Gasteiger partial charge in [0.05, 0.1) is 13.2 Å². The van der Waals surface area contributed by atoms with E-state index in [1.165, 1.54) is 7.11 Å². The van der Waals surface area contributed by atoms with Gasteiger partial charge < -0.3 is 30.2 Å². The molecule has 0 unspecified atom stereocenters. The second-order valence-electron chi connectivity index (χ2n) is 7.30. The van der Waals surface area contributed by atoms with Crippen molar-refractivity contribution in [2.45, 2.75) is 25.1 Å². The molecule has 0 saturated carbocycles. The van der Waals surface area contributed by atoms with Crippen LogP contribution in [0.15, 0.2) is 42.5 Å². The van der Waals surface area contributed by atoms with Gasteiger partial charge in [0.1, 0.15) is 11.9 Å². The molecule has 9 heteroatoms. The lowest BCUT2D eigenvalue weighted by atomic mass is 10.0. The highest BCUT2D eigenvalue weighted by molar-refractivity contribution is 5.95. The lowest BCUT2D eigenvalue weighted by Crippen LogP contribution is -2.55. The highest BCUT2D eigenvalue weighted by atomic mass is 35.5. The minimum atomic E-state index is -0.270. The summed E-state index contributed by atoms with van der Waals surface area (Å²) in [5.74, 6) is 1.01. The van der Waals surface area contributed by atoms with Gasteiger partial charge >= 0.3 is 0 Å². The van der Waals surface area contributed by atoms with Crippen molar-refractivity contribution in [1.29, 1.82) is 0 Å². The van der Waals surface area contributed by atoms with Gasteiger partial charge in [-0.15, -0.1) is 12.4 Å². The summed E-state index contributed by atoms with van der Waals surface area (Å²) in [4.78, 5) is 25.1. The smallest absolute Gasteiger partial charge is 0.258 e. The number of halogens is 1. The van der Waals surface area contributed by atoms with Gasteiger partial charge in [-0.2, -0.15) is 0 Å². The fraction of sp³-hybridized carbons (Fsp3) is 0.364. The van der Waals surface area contributed by atoms with E-state index in [0.717, 1.165) is 24.3 Å². The SMILES string of the molecule is COc1ccc2cc1OCC(=O)NCc1ccc(cc1)O[C@@H]1CCNC[C@@H]1NC2=O.Cl. The zero-order chi connectivity index (χ0) is 20.9. The summed E-state index contributed by atoms with van der Waals surface area (Å²) < 4.78 is 17.1. The number of carbonyl (C=O) groups is 2. The number of piperidine rings is 1. The van der Waals surface area contributed by atoms with E-state index in [0.29, 0.717) is 30.2 Å². The number of nitrogens with one attached hydrogen (secondary N) is 3. The van der Waals surface area contributed by atoms with Crippen LogP contribution in [-0.4, -0.2) is 50.8 Å². The molecular weight excluding hydrogens is 422 g/mol. The lowest BCUT2D eigenvalue weighted by Gasteiger charge is -2.33. The summed E-state index contributed by atoms with van der Waals surface area (Å²) in [6.07, 6.45) is 0.630. The average Bonchev–Trinajstić information content (AvgIpc) is 2.77. The quantitative estimate of drug-likeness (QED) is 0.615. The van der Waals surface area contributed by atoms with Crippen LogP contribution < -0.4 is 30.2 Å². The zero-order valence-corrected chi connectivity index (χ0v) is 18.0. The maximum atomic E-state index is 12.9. The number of carbonyl (C=O) groups excluding carboxylic acids is 2. The molecule has 2 amide bonds. The molecule has 0 aliphatic carbocycles. The summed E-state index contributed by atoms with van der Waals surface area (Å²) in [5, 5.41) is 9.18. The van der Waals surface area contributed by atoms with Crippen LogP contribution in [0, 0.1) is 0 Å². The van der Waals surface area contributed by atoms with Gasteiger partial charge in [0.2, 0.25) is 0 Å². The molecule has 2 atom stereocenters. The van der Waals surface area contributed by atoms with E-state index in [2.05, 4.69) is 16.0 Å². The second-order valence-corrected chi connectivity index (χ2v) is 7.30. The number of ether oxygens (including phenoxy) is 3. The van der Waals surface area contributed by atoms with Gasteiger partial charge in [0, 0.05) is 18.7 Å².